The smallest absolute Gasteiger partial charge is 0.410 e. The first kappa shape index (κ1) is 48.4. The summed E-state index contributed by atoms with van der Waals surface area (Å²) in [6, 6.07) is 9.21. The molecule has 3 N–H and O–H groups in total. The van der Waals surface area contributed by atoms with Crippen molar-refractivity contribution < 1.29 is 47.0 Å². The number of carbonyl (C=O) groups excluding carboxylic acids is 5. The van der Waals surface area contributed by atoms with E-state index in [4.69, 9.17) is 19.2 Å². The van der Waals surface area contributed by atoms with E-state index in [0.29, 0.717) is 48.0 Å². The standard InChI is InChI=1S/C23H22FN5O2.C15H12BrFN2O2.C12H18N2O4/c1-29-16-8-23(10-25-11-23)28-22(30)18(16)14-5-3-13-9-26-21(27-19(13)20(14)29)12-4-6-17(31-2)15(24)7-12;1-21-12-5-3-8(6-11(12)17)15-18-7-9-2-4-10(16)14(20)13(9)19-15;1-11(2,3)18-10(17)14-6-12(7-14)5-8(15)4-9(16)13-12/h4,6-7,9,25H,3,5,8,10-11H2,1-2H3,(H,28,30);3,5-7,10H,2,4H2,1H3;4-7H2,1-3H3,(H,13,16). The molecule has 1 unspecified atom stereocenters. The highest BCUT2D eigenvalue weighted by Gasteiger charge is 2.51. The summed E-state index contributed by atoms with van der Waals surface area (Å²) in [6.07, 6.45) is 7.19. The van der Waals surface area contributed by atoms with Crippen LogP contribution in [0.3, 0.4) is 0 Å². The van der Waals surface area contributed by atoms with Crippen molar-refractivity contribution in [1.82, 2.24) is 45.4 Å². The third kappa shape index (κ3) is 9.37. The van der Waals surface area contributed by atoms with Gasteiger partial charge in [0, 0.05) is 75.3 Å². The minimum absolute atomic E-state index is 0.00885. The zero-order valence-corrected chi connectivity index (χ0v) is 41.1. The highest BCUT2D eigenvalue weighted by Crippen LogP contribution is 2.41. The number of halogens is 3. The number of methoxy groups -OCH3 is 2. The van der Waals surface area contributed by atoms with Crippen molar-refractivity contribution in [3.8, 4) is 45.7 Å². The first-order valence-corrected chi connectivity index (χ1v) is 23.8. The minimum atomic E-state index is -0.552. The topological polar surface area (TPSA) is 209 Å². The molecule has 3 amide bonds. The normalized spacial score (nSPS) is 19.0. The highest BCUT2D eigenvalue weighted by molar-refractivity contribution is 9.10. The average molecular weight is 1020 g/mol. The van der Waals surface area contributed by atoms with Gasteiger partial charge >= 0.3 is 6.09 Å². The van der Waals surface area contributed by atoms with Crippen LogP contribution >= 0.6 is 15.9 Å². The number of ketones is 2. The molecule has 4 aliphatic heterocycles. The predicted octanol–water partition coefficient (Wildman–Crippen LogP) is 5.66. The van der Waals surface area contributed by atoms with Crippen LogP contribution in [-0.4, -0.2) is 121 Å². The number of amides is 3. The van der Waals surface area contributed by atoms with Crippen molar-refractivity contribution in [2.75, 3.05) is 40.4 Å². The summed E-state index contributed by atoms with van der Waals surface area (Å²) in [5, 5.41) is 9.30. The Balaban J connectivity index is 0.000000137. The molecule has 70 heavy (non-hydrogen) atoms. The van der Waals surface area contributed by atoms with E-state index in [1.165, 1.54) is 37.3 Å². The van der Waals surface area contributed by atoms with Crippen molar-refractivity contribution in [2.45, 2.75) is 87.2 Å². The highest BCUT2D eigenvalue weighted by atomic mass is 79.9. The van der Waals surface area contributed by atoms with Gasteiger partial charge in [0.15, 0.2) is 40.6 Å². The number of fused-ring (bicyclic) bond motifs is 6. The molecule has 3 saturated heterocycles. The Hall–Kier alpha value is -6.67. The fourth-order valence-corrected chi connectivity index (χ4v) is 10.2. The van der Waals surface area contributed by atoms with E-state index in [9.17, 15) is 32.8 Å². The van der Waals surface area contributed by atoms with Crippen LogP contribution < -0.4 is 25.4 Å². The van der Waals surface area contributed by atoms with Gasteiger partial charge in [-0.2, -0.15) is 0 Å². The Bertz CT molecular complexity index is 2960. The van der Waals surface area contributed by atoms with E-state index in [2.05, 4.69) is 51.4 Å². The maximum absolute atomic E-state index is 14.3. The molecule has 0 bridgehead atoms. The van der Waals surface area contributed by atoms with Gasteiger partial charge in [0.1, 0.15) is 17.1 Å². The first-order chi connectivity index (χ1) is 33.3. The van der Waals surface area contributed by atoms with Crippen molar-refractivity contribution in [1.29, 1.82) is 0 Å². The molecule has 3 aromatic heterocycles. The average Bonchev–Trinajstić information content (AvgIpc) is 3.59. The van der Waals surface area contributed by atoms with Crippen LogP contribution in [0, 0.1) is 11.6 Å². The molecule has 17 nitrogen and oxygen atoms in total. The number of aromatic nitrogens is 5. The van der Waals surface area contributed by atoms with Crippen molar-refractivity contribution in [3.05, 3.63) is 94.1 Å². The second-order valence-electron chi connectivity index (χ2n) is 19.5. The summed E-state index contributed by atoms with van der Waals surface area (Å²) in [4.78, 5) is 78.8. The monoisotopic (exact) mass is 1020 g/mol. The Morgan fingerprint density at radius 3 is 1.96 bits per heavy atom. The maximum Gasteiger partial charge on any atom is 0.410 e. The molecule has 2 aromatic carbocycles. The minimum Gasteiger partial charge on any atom is -0.494 e. The molecule has 2 spiro atoms. The van der Waals surface area contributed by atoms with Crippen LogP contribution in [0.5, 0.6) is 11.5 Å². The van der Waals surface area contributed by atoms with E-state index in [1.807, 2.05) is 13.2 Å². The molecule has 7 heterocycles. The molecule has 5 aromatic rings. The molecular weight excluding hydrogens is 973 g/mol. The Morgan fingerprint density at radius 2 is 1.41 bits per heavy atom. The summed E-state index contributed by atoms with van der Waals surface area (Å²) in [7, 11) is 4.86. The van der Waals surface area contributed by atoms with E-state index in [-0.39, 0.29) is 51.7 Å². The van der Waals surface area contributed by atoms with Gasteiger partial charge < -0.3 is 39.6 Å². The Labute approximate surface area is 410 Å². The van der Waals surface area contributed by atoms with Crippen LogP contribution in [0.1, 0.15) is 83.3 Å². The van der Waals surface area contributed by atoms with Crippen molar-refractivity contribution in [2.24, 2.45) is 7.05 Å². The van der Waals surface area contributed by atoms with Gasteiger partial charge in [-0.1, -0.05) is 15.9 Å². The van der Waals surface area contributed by atoms with Crippen molar-refractivity contribution in [3.63, 3.8) is 0 Å². The number of likely N-dealkylation sites (tertiary alicyclic amines) is 1. The number of hydrogen-bond acceptors (Lipinski definition) is 13. The number of alkyl halides is 1. The molecule has 11 rings (SSSR count). The summed E-state index contributed by atoms with van der Waals surface area (Å²) >= 11 is 3.35. The third-order valence-corrected chi connectivity index (χ3v) is 14.1. The number of nitrogens with zero attached hydrogens (tertiary/aromatic N) is 6. The molecule has 0 saturated carbocycles. The van der Waals surface area contributed by atoms with Crippen LogP contribution in [0.15, 0.2) is 48.8 Å². The van der Waals surface area contributed by atoms with Gasteiger partial charge in [-0.05, 0) is 99.5 Å². The second-order valence-corrected chi connectivity index (χ2v) is 20.6. The lowest BCUT2D eigenvalue weighted by atomic mass is 9.81. The number of ether oxygens (including phenoxy) is 3. The van der Waals surface area contributed by atoms with Crippen LogP contribution in [-0.2, 0) is 47.1 Å². The quantitative estimate of drug-likeness (QED) is 0.147. The van der Waals surface area contributed by atoms with Gasteiger partial charge in [-0.15, -0.1) is 0 Å². The molecule has 6 aliphatic rings. The molecular formula is C50H52BrF2N9O8. The molecule has 0 radical (unpaired) electrons. The van der Waals surface area contributed by atoms with Gasteiger partial charge in [-0.3, -0.25) is 19.2 Å². The molecule has 366 valence electrons. The Morgan fingerprint density at radius 1 is 0.814 bits per heavy atom. The lowest BCUT2D eigenvalue weighted by molar-refractivity contribution is -0.138. The van der Waals surface area contributed by atoms with Crippen LogP contribution in [0.25, 0.3) is 34.2 Å². The number of hydrogen-bond donors (Lipinski definition) is 3. The molecule has 20 heteroatoms. The fraction of sp³-hybridized carbons (Fsp3) is 0.420. The summed E-state index contributed by atoms with van der Waals surface area (Å²) in [6.45, 7) is 7.67. The maximum atomic E-state index is 14.3. The SMILES string of the molecule is CC(C)(C)OC(=O)N1CC2(CC(=O)CC(=O)N2)C1.COc1ccc(-c2ncc3c(n2)-c2c(c4c(n2C)CC2(CNC2)NC4=O)CC3)cc1F.COc1ccc(-c2ncc3c(n2)C(=O)C(Br)CC3)cc1F. The van der Waals surface area contributed by atoms with E-state index >= 15 is 0 Å². The second kappa shape index (κ2) is 18.6. The number of rotatable bonds is 4. The molecule has 3 fully saturated rings. The zero-order chi connectivity index (χ0) is 49.9. The van der Waals surface area contributed by atoms with Gasteiger partial charge in [0.05, 0.1) is 53.5 Å². The number of nitrogens with one attached hydrogen (secondary N) is 3. The van der Waals surface area contributed by atoms with Crippen LogP contribution in [0.4, 0.5) is 13.6 Å². The Kier molecular flexibility index (Phi) is 12.8. The van der Waals surface area contributed by atoms with Crippen molar-refractivity contribution >= 4 is 45.4 Å². The van der Waals surface area contributed by atoms with E-state index < -0.39 is 28.9 Å². The number of piperidine rings is 1. The largest absolute Gasteiger partial charge is 0.494 e. The van der Waals surface area contributed by atoms with E-state index in [1.54, 1.807) is 45.2 Å². The lowest BCUT2D eigenvalue weighted by Gasteiger charge is -2.51. The van der Waals surface area contributed by atoms with E-state index in [0.717, 1.165) is 84.5 Å². The zero-order valence-electron chi connectivity index (χ0n) is 39.6. The summed E-state index contributed by atoms with van der Waals surface area (Å²) in [5.41, 5.74) is 6.86. The first-order valence-electron chi connectivity index (χ1n) is 22.9. The number of carbonyl (C=O) groups is 5. The summed E-state index contributed by atoms with van der Waals surface area (Å²) < 4.78 is 45.3. The number of Topliss-reactive ketones (excluding diaryl/α,β-unsaturated/α-hetero) is 2. The van der Waals surface area contributed by atoms with Crippen LogP contribution in [0.2, 0.25) is 0 Å². The lowest BCUT2D eigenvalue weighted by Crippen LogP contribution is -2.73. The number of benzene rings is 2. The predicted molar refractivity (Wildman–Crippen MR) is 255 cm³/mol. The number of aryl methyl sites for hydroxylation is 2. The van der Waals surface area contributed by atoms with Gasteiger partial charge in [0.2, 0.25) is 5.91 Å². The third-order valence-electron chi connectivity index (χ3n) is 13.2. The van der Waals surface area contributed by atoms with Gasteiger partial charge in [-0.25, -0.2) is 33.5 Å². The van der Waals surface area contributed by atoms with Gasteiger partial charge in [0.25, 0.3) is 5.91 Å². The summed E-state index contributed by atoms with van der Waals surface area (Å²) in [5.74, 6) is -0.158. The molecule has 2 aliphatic carbocycles. The fourth-order valence-electron chi connectivity index (χ4n) is 9.77. The molecule has 1 atom stereocenters.